The lowest BCUT2D eigenvalue weighted by molar-refractivity contribution is 0.476. The van der Waals surface area contributed by atoms with Gasteiger partial charge < -0.3 is 9.67 Å². The molecule has 0 radical (unpaired) electrons. The van der Waals surface area contributed by atoms with Crippen LogP contribution in [-0.4, -0.2) is 19.6 Å². The molecule has 0 fully saturated rings. The molecule has 1 aromatic carbocycles. The normalized spacial score (nSPS) is 10.9. The predicted molar refractivity (Wildman–Crippen MR) is 70.3 cm³/mol. The first-order valence-corrected chi connectivity index (χ1v) is 5.90. The molecule has 4 heteroatoms. The zero-order valence-electron chi connectivity index (χ0n) is 10.0. The first-order valence-electron chi connectivity index (χ1n) is 5.90. The fourth-order valence-electron chi connectivity index (χ4n) is 2.17. The minimum absolute atomic E-state index is 0.246. The summed E-state index contributed by atoms with van der Waals surface area (Å²) in [7, 11) is 0. The highest BCUT2D eigenvalue weighted by atomic mass is 16.3. The van der Waals surface area contributed by atoms with E-state index in [-0.39, 0.29) is 5.75 Å². The Labute approximate surface area is 105 Å². The van der Waals surface area contributed by atoms with Gasteiger partial charge in [0.05, 0.1) is 17.3 Å². The Balaban J connectivity index is 2.32. The molecular formula is C14H13N3O. The molecule has 2 aromatic heterocycles. The lowest BCUT2D eigenvalue weighted by Gasteiger charge is -2.07. The van der Waals surface area contributed by atoms with Crippen molar-refractivity contribution in [1.29, 1.82) is 0 Å². The van der Waals surface area contributed by atoms with E-state index < -0.39 is 0 Å². The molecule has 0 saturated carbocycles. The van der Waals surface area contributed by atoms with E-state index in [4.69, 9.17) is 0 Å². The summed E-state index contributed by atoms with van der Waals surface area (Å²) in [6.45, 7) is 2.86. The number of pyridine rings is 1. The number of phenols is 1. The molecule has 0 saturated heterocycles. The van der Waals surface area contributed by atoms with Crippen molar-refractivity contribution in [2.24, 2.45) is 0 Å². The summed E-state index contributed by atoms with van der Waals surface area (Å²) in [5, 5.41) is 9.94. The summed E-state index contributed by atoms with van der Waals surface area (Å²) in [5.74, 6) is 1.02. The van der Waals surface area contributed by atoms with Crippen LogP contribution in [0.5, 0.6) is 5.75 Å². The molecule has 0 atom stereocenters. The Morgan fingerprint density at radius 3 is 2.83 bits per heavy atom. The van der Waals surface area contributed by atoms with Gasteiger partial charge in [0.1, 0.15) is 17.1 Å². The van der Waals surface area contributed by atoms with E-state index in [1.54, 1.807) is 24.5 Å². The molecule has 0 aliphatic heterocycles. The molecule has 0 amide bonds. The van der Waals surface area contributed by atoms with Crippen molar-refractivity contribution in [2.75, 3.05) is 0 Å². The van der Waals surface area contributed by atoms with Crippen molar-refractivity contribution in [3.05, 3.63) is 42.7 Å². The van der Waals surface area contributed by atoms with E-state index >= 15 is 0 Å². The Morgan fingerprint density at radius 1 is 1.22 bits per heavy atom. The second-order valence-electron chi connectivity index (χ2n) is 4.06. The summed E-state index contributed by atoms with van der Waals surface area (Å²) in [5.41, 5.74) is 2.62. The number of rotatable bonds is 2. The topological polar surface area (TPSA) is 50.9 Å². The molecule has 0 bridgehead atoms. The number of aromatic nitrogens is 3. The van der Waals surface area contributed by atoms with Gasteiger partial charge >= 0.3 is 0 Å². The maximum atomic E-state index is 9.94. The van der Waals surface area contributed by atoms with Crippen molar-refractivity contribution in [1.82, 2.24) is 14.5 Å². The average Bonchev–Trinajstić information content (AvgIpc) is 2.77. The number of benzene rings is 1. The summed E-state index contributed by atoms with van der Waals surface area (Å²) in [6, 6.07) is 9.18. The Morgan fingerprint density at radius 2 is 2.06 bits per heavy atom. The molecule has 2 heterocycles. The third kappa shape index (κ3) is 1.54. The van der Waals surface area contributed by atoms with Crippen LogP contribution in [-0.2, 0) is 6.54 Å². The van der Waals surface area contributed by atoms with Gasteiger partial charge in [0, 0.05) is 12.7 Å². The lowest BCUT2D eigenvalue weighted by Crippen LogP contribution is -1.97. The molecule has 4 nitrogen and oxygen atoms in total. The molecule has 90 valence electrons. The van der Waals surface area contributed by atoms with Crippen molar-refractivity contribution < 1.29 is 5.11 Å². The predicted octanol–water partition coefficient (Wildman–Crippen LogP) is 2.82. The summed E-state index contributed by atoms with van der Waals surface area (Å²) in [6.07, 6.45) is 3.50. The third-order valence-corrected chi connectivity index (χ3v) is 3.01. The quantitative estimate of drug-likeness (QED) is 0.748. The number of imidazole rings is 1. The molecule has 0 aliphatic carbocycles. The number of aromatic hydroxyl groups is 1. The molecule has 0 spiro atoms. The summed E-state index contributed by atoms with van der Waals surface area (Å²) >= 11 is 0. The minimum atomic E-state index is 0.246. The highest BCUT2D eigenvalue weighted by molar-refractivity contribution is 5.81. The second-order valence-corrected chi connectivity index (χ2v) is 4.06. The van der Waals surface area contributed by atoms with Gasteiger partial charge in [-0.3, -0.25) is 4.98 Å². The highest BCUT2D eigenvalue weighted by Gasteiger charge is 2.13. The molecule has 18 heavy (non-hydrogen) atoms. The van der Waals surface area contributed by atoms with E-state index in [1.165, 1.54) is 0 Å². The van der Waals surface area contributed by atoms with Crippen LogP contribution in [0.4, 0.5) is 0 Å². The SMILES string of the molecule is CCn1c(-c2ccccc2O)nc2cnccc21. The van der Waals surface area contributed by atoms with E-state index in [0.717, 1.165) is 29.0 Å². The van der Waals surface area contributed by atoms with Gasteiger partial charge in [0.15, 0.2) is 0 Å². The van der Waals surface area contributed by atoms with E-state index in [9.17, 15) is 5.11 Å². The summed E-state index contributed by atoms with van der Waals surface area (Å²) in [4.78, 5) is 8.63. The van der Waals surface area contributed by atoms with Gasteiger partial charge in [-0.1, -0.05) is 12.1 Å². The zero-order valence-corrected chi connectivity index (χ0v) is 10.0. The third-order valence-electron chi connectivity index (χ3n) is 3.01. The van der Waals surface area contributed by atoms with Crippen LogP contribution < -0.4 is 0 Å². The standard InChI is InChI=1S/C14H13N3O/c1-2-17-12-7-8-15-9-11(12)16-14(17)10-5-3-4-6-13(10)18/h3-9,18H,2H2,1H3. The minimum Gasteiger partial charge on any atom is -0.507 e. The fourth-order valence-corrected chi connectivity index (χ4v) is 2.17. The monoisotopic (exact) mass is 239 g/mol. The van der Waals surface area contributed by atoms with Crippen LogP contribution >= 0.6 is 0 Å². The van der Waals surface area contributed by atoms with Crippen LogP contribution in [0.1, 0.15) is 6.92 Å². The number of aryl methyl sites for hydroxylation is 1. The Bertz CT molecular complexity index is 703. The van der Waals surface area contributed by atoms with E-state index in [1.807, 2.05) is 18.2 Å². The van der Waals surface area contributed by atoms with Crippen LogP contribution in [0, 0.1) is 0 Å². The second kappa shape index (κ2) is 4.14. The molecule has 0 unspecified atom stereocenters. The van der Waals surface area contributed by atoms with Crippen molar-refractivity contribution in [3.8, 4) is 17.1 Å². The number of hydrogen-bond donors (Lipinski definition) is 1. The first-order chi connectivity index (χ1) is 8.81. The van der Waals surface area contributed by atoms with Gasteiger partial charge in [0.2, 0.25) is 0 Å². The molecular weight excluding hydrogens is 226 g/mol. The highest BCUT2D eigenvalue weighted by Crippen LogP contribution is 2.30. The number of para-hydroxylation sites is 1. The van der Waals surface area contributed by atoms with Gasteiger partial charge in [-0.15, -0.1) is 0 Å². The maximum Gasteiger partial charge on any atom is 0.144 e. The van der Waals surface area contributed by atoms with Gasteiger partial charge in [-0.25, -0.2) is 4.98 Å². The zero-order chi connectivity index (χ0) is 12.5. The molecule has 1 N–H and O–H groups in total. The van der Waals surface area contributed by atoms with Crippen LogP contribution in [0.25, 0.3) is 22.4 Å². The lowest BCUT2D eigenvalue weighted by atomic mass is 10.2. The molecule has 3 rings (SSSR count). The van der Waals surface area contributed by atoms with E-state index in [2.05, 4.69) is 21.5 Å². The number of nitrogens with zero attached hydrogens (tertiary/aromatic N) is 3. The Kier molecular flexibility index (Phi) is 2.48. The van der Waals surface area contributed by atoms with Crippen molar-refractivity contribution in [2.45, 2.75) is 13.5 Å². The largest absolute Gasteiger partial charge is 0.507 e. The van der Waals surface area contributed by atoms with Crippen molar-refractivity contribution >= 4 is 11.0 Å². The van der Waals surface area contributed by atoms with Gasteiger partial charge in [-0.05, 0) is 25.1 Å². The number of fused-ring (bicyclic) bond motifs is 1. The maximum absolute atomic E-state index is 9.94. The first kappa shape index (κ1) is 10.8. The van der Waals surface area contributed by atoms with Crippen LogP contribution in [0.15, 0.2) is 42.7 Å². The number of hydrogen-bond acceptors (Lipinski definition) is 3. The van der Waals surface area contributed by atoms with Gasteiger partial charge in [0.25, 0.3) is 0 Å². The Hall–Kier alpha value is -2.36. The number of phenolic OH excluding ortho intramolecular Hbond substituents is 1. The average molecular weight is 239 g/mol. The van der Waals surface area contributed by atoms with Crippen LogP contribution in [0.3, 0.4) is 0 Å². The summed E-state index contributed by atoms with van der Waals surface area (Å²) < 4.78 is 2.08. The van der Waals surface area contributed by atoms with Gasteiger partial charge in [-0.2, -0.15) is 0 Å². The van der Waals surface area contributed by atoms with Crippen LogP contribution in [0.2, 0.25) is 0 Å². The smallest absolute Gasteiger partial charge is 0.144 e. The molecule has 3 aromatic rings. The van der Waals surface area contributed by atoms with Crippen molar-refractivity contribution in [3.63, 3.8) is 0 Å². The van der Waals surface area contributed by atoms with E-state index in [0.29, 0.717) is 0 Å². The molecule has 0 aliphatic rings. The fraction of sp³-hybridized carbons (Fsp3) is 0.143.